The van der Waals surface area contributed by atoms with E-state index in [1.807, 2.05) is 72.8 Å². The van der Waals surface area contributed by atoms with Gasteiger partial charge in [0.25, 0.3) is 11.8 Å². The quantitative estimate of drug-likeness (QED) is 0.237. The van der Waals surface area contributed by atoms with E-state index in [1.165, 1.54) is 29.3 Å². The van der Waals surface area contributed by atoms with Gasteiger partial charge in [-0.1, -0.05) is 78.3 Å². The van der Waals surface area contributed by atoms with Crippen molar-refractivity contribution in [2.45, 2.75) is 26.2 Å². The van der Waals surface area contributed by atoms with E-state index in [9.17, 15) is 18.4 Å². The number of anilines is 2. The van der Waals surface area contributed by atoms with E-state index in [0.29, 0.717) is 22.8 Å². The highest BCUT2D eigenvalue weighted by molar-refractivity contribution is 6.31. The molecule has 0 aromatic heterocycles. The van der Waals surface area contributed by atoms with Crippen LogP contribution in [0, 0.1) is 5.92 Å². The lowest BCUT2D eigenvalue weighted by Crippen LogP contribution is -2.36. The van der Waals surface area contributed by atoms with Crippen molar-refractivity contribution in [2.75, 3.05) is 10.3 Å². The molecule has 0 radical (unpaired) electrons. The molecule has 1 heterocycles. The summed E-state index contributed by atoms with van der Waals surface area (Å²) in [6, 6.07) is 28.5. The topological polar surface area (TPSA) is 61.8 Å². The fourth-order valence-electron chi connectivity index (χ4n) is 4.69. The summed E-state index contributed by atoms with van der Waals surface area (Å²) in [6.45, 7) is 2.39. The second kappa shape index (κ2) is 11.0. The molecule has 0 fully saturated rings. The molecule has 5 rings (SSSR count). The lowest BCUT2D eigenvalue weighted by Gasteiger charge is -2.18. The zero-order chi connectivity index (χ0) is 28.4. The van der Waals surface area contributed by atoms with Crippen LogP contribution in [-0.2, 0) is 21.9 Å². The number of amides is 2. The van der Waals surface area contributed by atoms with Gasteiger partial charge in [-0.25, -0.2) is 8.78 Å². The number of rotatable bonds is 7. The molecule has 0 saturated heterocycles. The molecule has 1 aliphatic heterocycles. The Morgan fingerprint density at radius 2 is 1.68 bits per heavy atom. The van der Waals surface area contributed by atoms with Crippen LogP contribution in [0.25, 0.3) is 11.1 Å². The van der Waals surface area contributed by atoms with Gasteiger partial charge in [0.15, 0.2) is 5.92 Å². The van der Waals surface area contributed by atoms with Crippen LogP contribution in [0.4, 0.5) is 20.2 Å². The Morgan fingerprint density at radius 3 is 2.40 bits per heavy atom. The van der Waals surface area contributed by atoms with Crippen molar-refractivity contribution in [2.24, 2.45) is 11.0 Å². The van der Waals surface area contributed by atoms with Gasteiger partial charge in [0.2, 0.25) is 5.91 Å². The first-order chi connectivity index (χ1) is 19.1. The molecule has 0 spiro atoms. The molecule has 1 unspecified atom stereocenters. The van der Waals surface area contributed by atoms with Crippen LogP contribution in [0.15, 0.2) is 102 Å². The number of benzene rings is 4. The van der Waals surface area contributed by atoms with Crippen molar-refractivity contribution in [3.8, 4) is 11.1 Å². The average Bonchev–Trinajstić information content (AvgIpc) is 3.23. The van der Waals surface area contributed by atoms with Crippen LogP contribution in [0.1, 0.15) is 30.5 Å². The number of nitrogens with one attached hydrogen (secondary N) is 1. The minimum atomic E-state index is -3.07. The van der Waals surface area contributed by atoms with Crippen LogP contribution in [0.2, 0.25) is 5.02 Å². The molecule has 1 N–H and O–H groups in total. The van der Waals surface area contributed by atoms with Gasteiger partial charge in [0, 0.05) is 23.2 Å². The van der Waals surface area contributed by atoms with Gasteiger partial charge in [-0.3, -0.25) is 9.59 Å². The minimum Gasteiger partial charge on any atom is -0.325 e. The number of carbonyl (C=O) groups is 2. The first-order valence-corrected chi connectivity index (χ1v) is 13.1. The van der Waals surface area contributed by atoms with Gasteiger partial charge in [-0.2, -0.15) is 10.1 Å². The number of nitrogens with zero attached hydrogens (tertiary/aromatic N) is 2. The Labute approximate surface area is 236 Å². The molecular weight excluding hydrogens is 532 g/mol. The molecule has 8 heteroatoms. The molecule has 5 nitrogen and oxygen atoms in total. The van der Waals surface area contributed by atoms with Gasteiger partial charge < -0.3 is 5.32 Å². The third kappa shape index (κ3) is 5.80. The Balaban J connectivity index is 1.45. The maximum Gasteiger partial charge on any atom is 0.270 e. The molecule has 202 valence electrons. The lowest BCUT2D eigenvalue weighted by atomic mass is 9.97. The first-order valence-electron chi connectivity index (χ1n) is 12.7. The SMILES string of the molecule is CC1=NN(c2cc(Cc3ccccc3Cl)cc(-c3ccccc3)c2)C(=O)C1C(=O)Nc1cccc(C(C)(F)F)c1. The van der Waals surface area contributed by atoms with E-state index >= 15 is 0 Å². The normalized spacial score (nSPS) is 15.2. The maximum atomic E-state index is 13.8. The fraction of sp³-hybridized carbons (Fsp3) is 0.156. The third-order valence-electron chi connectivity index (χ3n) is 6.71. The van der Waals surface area contributed by atoms with Gasteiger partial charge >= 0.3 is 0 Å². The largest absolute Gasteiger partial charge is 0.325 e. The number of carbonyl (C=O) groups excluding carboxylic acids is 2. The fourth-order valence-corrected chi connectivity index (χ4v) is 4.90. The Morgan fingerprint density at radius 1 is 0.950 bits per heavy atom. The number of hydrogen-bond acceptors (Lipinski definition) is 3. The van der Waals surface area contributed by atoms with Crippen LogP contribution >= 0.6 is 11.6 Å². The van der Waals surface area contributed by atoms with E-state index in [2.05, 4.69) is 10.4 Å². The van der Waals surface area contributed by atoms with Gasteiger partial charge in [0.1, 0.15) is 0 Å². The van der Waals surface area contributed by atoms with E-state index in [0.717, 1.165) is 29.2 Å². The van der Waals surface area contributed by atoms with E-state index < -0.39 is 23.7 Å². The van der Waals surface area contributed by atoms with Crippen molar-refractivity contribution in [1.29, 1.82) is 0 Å². The Kier molecular flexibility index (Phi) is 7.50. The zero-order valence-corrected chi connectivity index (χ0v) is 22.6. The second-order valence-electron chi connectivity index (χ2n) is 9.81. The van der Waals surface area contributed by atoms with E-state index in [1.54, 1.807) is 6.92 Å². The first kappa shape index (κ1) is 27.2. The van der Waals surface area contributed by atoms with Crippen molar-refractivity contribution < 1.29 is 18.4 Å². The summed E-state index contributed by atoms with van der Waals surface area (Å²) in [6.07, 6.45) is 0.528. The monoisotopic (exact) mass is 557 g/mol. The molecule has 0 aliphatic carbocycles. The summed E-state index contributed by atoms with van der Waals surface area (Å²) < 4.78 is 27.6. The highest BCUT2D eigenvalue weighted by Crippen LogP contribution is 2.33. The predicted molar refractivity (Wildman–Crippen MR) is 155 cm³/mol. The molecular formula is C32H26ClF2N3O2. The average molecular weight is 558 g/mol. The van der Waals surface area contributed by atoms with Crippen LogP contribution in [0.3, 0.4) is 0 Å². The minimum absolute atomic E-state index is 0.177. The second-order valence-corrected chi connectivity index (χ2v) is 10.2. The summed E-state index contributed by atoms with van der Waals surface area (Å²) in [5, 5.41) is 8.91. The molecule has 2 amide bonds. The summed E-state index contributed by atoms with van der Waals surface area (Å²) in [5.74, 6) is -5.43. The lowest BCUT2D eigenvalue weighted by molar-refractivity contribution is -0.127. The number of halogens is 3. The summed E-state index contributed by atoms with van der Waals surface area (Å²) in [4.78, 5) is 26.7. The van der Waals surface area contributed by atoms with Crippen molar-refractivity contribution in [3.63, 3.8) is 0 Å². The number of hydrogen-bond donors (Lipinski definition) is 1. The molecule has 0 bridgehead atoms. The summed E-state index contributed by atoms with van der Waals surface area (Å²) >= 11 is 6.42. The maximum absolute atomic E-state index is 13.8. The molecule has 4 aromatic carbocycles. The molecule has 4 aromatic rings. The third-order valence-corrected chi connectivity index (χ3v) is 7.08. The summed E-state index contributed by atoms with van der Waals surface area (Å²) in [5.41, 5.74) is 4.44. The number of alkyl halides is 2. The smallest absolute Gasteiger partial charge is 0.270 e. The molecule has 40 heavy (non-hydrogen) atoms. The molecule has 1 aliphatic rings. The van der Waals surface area contributed by atoms with Gasteiger partial charge in [-0.05, 0) is 65.9 Å². The highest BCUT2D eigenvalue weighted by atomic mass is 35.5. The Hall–Kier alpha value is -4.36. The van der Waals surface area contributed by atoms with E-state index in [-0.39, 0.29) is 11.3 Å². The van der Waals surface area contributed by atoms with Gasteiger partial charge in [-0.15, -0.1) is 0 Å². The zero-order valence-electron chi connectivity index (χ0n) is 21.9. The standard InChI is InChI=1S/C32H26ClF2N3O2/c1-20-29(30(39)36-26-13-8-12-25(19-26)32(2,34)35)31(40)38(37-20)27-17-21(15-23-11-6-7-14-28(23)33)16-24(18-27)22-9-4-3-5-10-22/h3-14,16-19,29H,15H2,1-2H3,(H,36,39). The van der Waals surface area contributed by atoms with Gasteiger partial charge in [0.05, 0.1) is 11.4 Å². The summed E-state index contributed by atoms with van der Waals surface area (Å²) in [7, 11) is 0. The van der Waals surface area contributed by atoms with Crippen molar-refractivity contribution >= 4 is 40.5 Å². The van der Waals surface area contributed by atoms with Crippen molar-refractivity contribution in [3.05, 3.63) is 119 Å². The van der Waals surface area contributed by atoms with Crippen LogP contribution in [-0.4, -0.2) is 17.5 Å². The van der Waals surface area contributed by atoms with Crippen LogP contribution < -0.4 is 10.3 Å². The Bertz CT molecular complexity index is 1620. The van der Waals surface area contributed by atoms with Crippen molar-refractivity contribution in [1.82, 2.24) is 0 Å². The number of hydrazone groups is 1. The molecule has 1 atom stereocenters. The molecule has 0 saturated carbocycles. The highest BCUT2D eigenvalue weighted by Gasteiger charge is 2.40. The van der Waals surface area contributed by atoms with Crippen LogP contribution in [0.5, 0.6) is 0 Å². The van der Waals surface area contributed by atoms with E-state index in [4.69, 9.17) is 11.6 Å². The predicted octanol–water partition coefficient (Wildman–Crippen LogP) is 7.69.